The predicted octanol–water partition coefficient (Wildman–Crippen LogP) is 4.34. The molecule has 0 aliphatic rings. The number of anilines is 1. The van der Waals surface area contributed by atoms with E-state index in [2.05, 4.69) is 5.32 Å². The summed E-state index contributed by atoms with van der Waals surface area (Å²) in [7, 11) is 1.50. The number of ether oxygens (including phenoxy) is 1. The van der Waals surface area contributed by atoms with Crippen molar-refractivity contribution in [1.29, 1.82) is 0 Å². The van der Waals surface area contributed by atoms with Gasteiger partial charge in [-0.3, -0.25) is 4.79 Å². The van der Waals surface area contributed by atoms with Gasteiger partial charge in [-0.1, -0.05) is 29.8 Å². The Morgan fingerprint density at radius 2 is 2.00 bits per heavy atom. The quantitative estimate of drug-likeness (QED) is 0.853. The number of alkyl halides is 1. The second-order valence-electron chi connectivity index (χ2n) is 4.09. The average Bonchev–Trinajstić information content (AvgIpc) is 2.47. The lowest BCUT2D eigenvalue weighted by Gasteiger charge is -2.11. The van der Waals surface area contributed by atoms with Crippen molar-refractivity contribution in [2.45, 2.75) is 5.88 Å². The first-order valence-electron chi connectivity index (χ1n) is 5.94. The fourth-order valence-electron chi connectivity index (χ4n) is 1.80. The summed E-state index contributed by atoms with van der Waals surface area (Å²) in [5.41, 5.74) is 1.96. The number of methoxy groups -OCH3 is 1. The molecule has 0 bridgehead atoms. The second kappa shape index (κ2) is 6.64. The monoisotopic (exact) mass is 309 g/mol. The summed E-state index contributed by atoms with van der Waals surface area (Å²) in [6, 6.07) is 12.2. The second-order valence-corrected chi connectivity index (χ2v) is 4.79. The lowest BCUT2D eigenvalue weighted by atomic mass is 10.1. The first-order valence-corrected chi connectivity index (χ1v) is 6.85. The first kappa shape index (κ1) is 14.7. The van der Waals surface area contributed by atoms with Crippen LogP contribution >= 0.6 is 23.2 Å². The SMILES string of the molecule is COc1cc(Cl)ccc1C(=O)Nc1ccccc1CCl. The van der Waals surface area contributed by atoms with Crippen LogP contribution < -0.4 is 10.1 Å². The van der Waals surface area contributed by atoms with Gasteiger partial charge in [0.15, 0.2) is 0 Å². The molecule has 20 heavy (non-hydrogen) atoms. The largest absolute Gasteiger partial charge is 0.496 e. The van der Waals surface area contributed by atoms with Crippen molar-refractivity contribution in [3.8, 4) is 5.75 Å². The van der Waals surface area contributed by atoms with Gasteiger partial charge in [0.25, 0.3) is 5.91 Å². The van der Waals surface area contributed by atoms with E-state index in [1.807, 2.05) is 18.2 Å². The lowest BCUT2D eigenvalue weighted by Crippen LogP contribution is -2.14. The minimum Gasteiger partial charge on any atom is -0.496 e. The Morgan fingerprint density at radius 1 is 1.25 bits per heavy atom. The van der Waals surface area contributed by atoms with Gasteiger partial charge in [0, 0.05) is 16.6 Å². The van der Waals surface area contributed by atoms with E-state index in [0.717, 1.165) is 5.56 Å². The average molecular weight is 310 g/mol. The van der Waals surface area contributed by atoms with Crippen LogP contribution in [0.4, 0.5) is 5.69 Å². The zero-order valence-corrected chi connectivity index (χ0v) is 12.3. The molecule has 0 fully saturated rings. The van der Waals surface area contributed by atoms with Crippen molar-refractivity contribution >= 4 is 34.8 Å². The molecule has 104 valence electrons. The van der Waals surface area contributed by atoms with Crippen molar-refractivity contribution < 1.29 is 9.53 Å². The third kappa shape index (κ3) is 3.24. The molecule has 0 aromatic heterocycles. The van der Waals surface area contributed by atoms with Gasteiger partial charge in [-0.05, 0) is 29.8 Å². The maximum Gasteiger partial charge on any atom is 0.259 e. The Hall–Kier alpha value is -1.71. The molecular formula is C15H13Cl2NO2. The summed E-state index contributed by atoms with van der Waals surface area (Å²) in [6.07, 6.45) is 0. The molecule has 0 aliphatic heterocycles. The van der Waals surface area contributed by atoms with Crippen LogP contribution in [-0.4, -0.2) is 13.0 Å². The summed E-state index contributed by atoms with van der Waals surface area (Å²) >= 11 is 11.7. The zero-order valence-electron chi connectivity index (χ0n) is 10.8. The number of rotatable bonds is 4. The van der Waals surface area contributed by atoms with E-state index in [9.17, 15) is 4.79 Å². The Kier molecular flexibility index (Phi) is 4.88. The summed E-state index contributed by atoms with van der Waals surface area (Å²) in [5, 5.41) is 3.34. The molecular weight excluding hydrogens is 297 g/mol. The van der Waals surface area contributed by atoms with Gasteiger partial charge in [0.05, 0.1) is 12.7 Å². The number of carbonyl (C=O) groups excluding carboxylic acids is 1. The van der Waals surface area contributed by atoms with Crippen molar-refractivity contribution in [3.05, 3.63) is 58.6 Å². The van der Waals surface area contributed by atoms with E-state index in [1.54, 1.807) is 24.3 Å². The van der Waals surface area contributed by atoms with Crippen molar-refractivity contribution in [3.63, 3.8) is 0 Å². The van der Waals surface area contributed by atoms with E-state index in [0.29, 0.717) is 27.9 Å². The van der Waals surface area contributed by atoms with Gasteiger partial charge < -0.3 is 10.1 Å². The van der Waals surface area contributed by atoms with Gasteiger partial charge in [-0.2, -0.15) is 0 Å². The summed E-state index contributed by atoms with van der Waals surface area (Å²) in [6.45, 7) is 0. The smallest absolute Gasteiger partial charge is 0.259 e. The number of para-hydroxylation sites is 1. The molecule has 0 aliphatic carbocycles. The summed E-state index contributed by atoms with van der Waals surface area (Å²) < 4.78 is 5.17. The van der Waals surface area contributed by atoms with Crippen molar-refractivity contribution in [2.24, 2.45) is 0 Å². The Balaban J connectivity index is 2.28. The van der Waals surface area contributed by atoms with Crippen LogP contribution in [0.2, 0.25) is 5.02 Å². The number of halogens is 2. The van der Waals surface area contributed by atoms with E-state index in [-0.39, 0.29) is 5.91 Å². The van der Waals surface area contributed by atoms with Crippen LogP contribution in [0.15, 0.2) is 42.5 Å². The Morgan fingerprint density at radius 3 is 2.70 bits per heavy atom. The molecule has 0 saturated heterocycles. The van der Waals surface area contributed by atoms with E-state index in [1.165, 1.54) is 7.11 Å². The maximum atomic E-state index is 12.3. The first-order chi connectivity index (χ1) is 9.65. The topological polar surface area (TPSA) is 38.3 Å². The fraction of sp³-hybridized carbons (Fsp3) is 0.133. The molecule has 2 aromatic carbocycles. The van der Waals surface area contributed by atoms with Crippen LogP contribution in [0, 0.1) is 0 Å². The molecule has 3 nitrogen and oxygen atoms in total. The maximum absolute atomic E-state index is 12.3. The predicted molar refractivity (Wildman–Crippen MR) is 82.0 cm³/mol. The number of nitrogens with one attached hydrogen (secondary N) is 1. The summed E-state index contributed by atoms with van der Waals surface area (Å²) in [4.78, 5) is 12.3. The van der Waals surface area contributed by atoms with Crippen LogP contribution in [0.5, 0.6) is 5.75 Å². The standard InChI is InChI=1S/C15H13Cl2NO2/c1-20-14-8-11(17)6-7-12(14)15(19)18-13-5-3-2-4-10(13)9-16/h2-8H,9H2,1H3,(H,18,19). The van der Waals surface area contributed by atoms with Gasteiger partial charge in [0.2, 0.25) is 0 Å². The Bertz CT molecular complexity index is 629. The van der Waals surface area contributed by atoms with E-state index < -0.39 is 0 Å². The number of amides is 1. The van der Waals surface area contributed by atoms with Crippen molar-refractivity contribution in [1.82, 2.24) is 0 Å². The number of carbonyl (C=O) groups is 1. The van der Waals surface area contributed by atoms with Gasteiger partial charge in [-0.25, -0.2) is 0 Å². The van der Waals surface area contributed by atoms with Crippen LogP contribution in [0.3, 0.4) is 0 Å². The highest BCUT2D eigenvalue weighted by Gasteiger charge is 2.14. The molecule has 5 heteroatoms. The van der Waals surface area contributed by atoms with Gasteiger partial charge in [-0.15, -0.1) is 11.6 Å². The van der Waals surface area contributed by atoms with Crippen LogP contribution in [-0.2, 0) is 5.88 Å². The zero-order chi connectivity index (χ0) is 14.5. The highest BCUT2D eigenvalue weighted by molar-refractivity contribution is 6.31. The molecule has 0 spiro atoms. The number of hydrogen-bond acceptors (Lipinski definition) is 2. The molecule has 0 radical (unpaired) electrons. The molecule has 2 rings (SSSR count). The highest BCUT2D eigenvalue weighted by Crippen LogP contribution is 2.25. The third-order valence-corrected chi connectivity index (χ3v) is 3.34. The molecule has 2 aromatic rings. The lowest BCUT2D eigenvalue weighted by molar-refractivity contribution is 0.102. The molecule has 0 atom stereocenters. The van der Waals surface area contributed by atoms with Gasteiger partial charge in [0.1, 0.15) is 5.75 Å². The van der Waals surface area contributed by atoms with Crippen molar-refractivity contribution in [2.75, 3.05) is 12.4 Å². The minimum atomic E-state index is -0.268. The van der Waals surface area contributed by atoms with E-state index in [4.69, 9.17) is 27.9 Å². The molecule has 1 amide bonds. The van der Waals surface area contributed by atoms with Crippen LogP contribution in [0.25, 0.3) is 0 Å². The van der Waals surface area contributed by atoms with E-state index >= 15 is 0 Å². The van der Waals surface area contributed by atoms with Crippen LogP contribution in [0.1, 0.15) is 15.9 Å². The Labute approximate surface area is 127 Å². The molecule has 1 N–H and O–H groups in total. The molecule has 0 heterocycles. The number of hydrogen-bond donors (Lipinski definition) is 1. The normalized spacial score (nSPS) is 10.2. The fourth-order valence-corrected chi connectivity index (χ4v) is 2.20. The highest BCUT2D eigenvalue weighted by atomic mass is 35.5. The molecule has 0 unspecified atom stereocenters. The number of benzene rings is 2. The van der Waals surface area contributed by atoms with Gasteiger partial charge >= 0.3 is 0 Å². The summed E-state index contributed by atoms with van der Waals surface area (Å²) in [5.74, 6) is 0.489. The third-order valence-electron chi connectivity index (χ3n) is 2.82. The minimum absolute atomic E-state index is 0.268. The molecule has 0 saturated carbocycles.